The van der Waals surface area contributed by atoms with Crippen molar-refractivity contribution in [2.45, 2.75) is 62.3 Å². The number of sulfonamides is 1. The van der Waals surface area contributed by atoms with E-state index in [1.54, 1.807) is 16.4 Å². The van der Waals surface area contributed by atoms with E-state index in [0.717, 1.165) is 6.42 Å². The zero-order chi connectivity index (χ0) is 16.4. The molecule has 1 saturated carbocycles. The lowest BCUT2D eigenvalue weighted by Gasteiger charge is -2.22. The lowest BCUT2D eigenvalue weighted by Crippen LogP contribution is -2.33. The average Bonchev–Trinajstić information content (AvgIpc) is 3.07. The summed E-state index contributed by atoms with van der Waals surface area (Å²) in [5.74, 6) is 0.876. The van der Waals surface area contributed by atoms with E-state index in [4.69, 9.17) is 5.73 Å². The van der Waals surface area contributed by atoms with Crippen LogP contribution in [0.5, 0.6) is 0 Å². The molecule has 0 bridgehead atoms. The number of nitrogens with two attached hydrogens (primary N) is 1. The summed E-state index contributed by atoms with van der Waals surface area (Å²) in [5, 5.41) is 0. The highest BCUT2D eigenvalue weighted by Gasteiger charge is 2.33. The Labute approximate surface area is 140 Å². The van der Waals surface area contributed by atoms with E-state index < -0.39 is 10.0 Å². The van der Waals surface area contributed by atoms with Crippen LogP contribution < -0.4 is 5.73 Å². The summed E-state index contributed by atoms with van der Waals surface area (Å²) in [4.78, 5) is 0.419. The summed E-state index contributed by atoms with van der Waals surface area (Å²) in [6.07, 6.45) is 7.23. The number of hydrogen-bond acceptors (Lipinski definition) is 3. The zero-order valence-electron chi connectivity index (χ0n) is 13.9. The maximum absolute atomic E-state index is 12.8. The fraction of sp³-hybridized carbons (Fsp3) is 0.667. The van der Waals surface area contributed by atoms with Gasteiger partial charge in [-0.05, 0) is 55.7 Å². The Bertz CT molecular complexity index is 619. The summed E-state index contributed by atoms with van der Waals surface area (Å²) in [6, 6.07) is 7.66. The molecule has 1 aliphatic heterocycles. The SMILES string of the molecule is CC(N)C1CCN(S(=O)(=O)c2ccc(C3CCCCC3)cc2)C1. The Balaban J connectivity index is 1.73. The minimum atomic E-state index is -3.37. The normalized spacial score (nSPS) is 25.6. The van der Waals surface area contributed by atoms with Crippen LogP contribution in [0, 0.1) is 5.92 Å². The van der Waals surface area contributed by atoms with Crippen molar-refractivity contribution >= 4 is 10.0 Å². The van der Waals surface area contributed by atoms with Crippen molar-refractivity contribution in [3.05, 3.63) is 29.8 Å². The highest BCUT2D eigenvalue weighted by molar-refractivity contribution is 7.89. The van der Waals surface area contributed by atoms with Gasteiger partial charge in [-0.1, -0.05) is 31.4 Å². The third-order valence-electron chi connectivity index (χ3n) is 5.53. The summed E-state index contributed by atoms with van der Waals surface area (Å²) >= 11 is 0. The van der Waals surface area contributed by atoms with Crippen LogP contribution in [0.15, 0.2) is 29.2 Å². The molecule has 0 aromatic heterocycles. The van der Waals surface area contributed by atoms with Gasteiger partial charge in [0.25, 0.3) is 0 Å². The molecule has 3 rings (SSSR count). The Morgan fingerprint density at radius 1 is 1.09 bits per heavy atom. The Morgan fingerprint density at radius 3 is 2.30 bits per heavy atom. The lowest BCUT2D eigenvalue weighted by molar-refractivity contribution is 0.428. The van der Waals surface area contributed by atoms with Crippen molar-refractivity contribution in [2.75, 3.05) is 13.1 Å². The summed E-state index contributed by atoms with van der Waals surface area (Å²) in [5.41, 5.74) is 7.21. The molecule has 4 nitrogen and oxygen atoms in total. The standard InChI is InChI=1S/C18H28N2O2S/c1-14(19)17-11-12-20(13-17)23(21,22)18-9-7-16(8-10-18)15-5-3-2-4-6-15/h7-10,14-15,17H,2-6,11-13,19H2,1H3. The van der Waals surface area contributed by atoms with Crippen LogP contribution >= 0.6 is 0 Å². The molecule has 1 aromatic carbocycles. The van der Waals surface area contributed by atoms with Crippen molar-refractivity contribution in [3.63, 3.8) is 0 Å². The predicted molar refractivity (Wildman–Crippen MR) is 92.8 cm³/mol. The minimum Gasteiger partial charge on any atom is -0.328 e. The number of hydrogen-bond donors (Lipinski definition) is 1. The highest BCUT2D eigenvalue weighted by Crippen LogP contribution is 2.33. The number of rotatable bonds is 4. The van der Waals surface area contributed by atoms with E-state index in [1.807, 2.05) is 19.1 Å². The molecule has 2 unspecified atom stereocenters. The van der Waals surface area contributed by atoms with E-state index in [9.17, 15) is 8.42 Å². The predicted octanol–water partition coefficient (Wildman–Crippen LogP) is 3.09. The molecule has 2 fully saturated rings. The van der Waals surface area contributed by atoms with Crippen LogP contribution in [-0.4, -0.2) is 31.9 Å². The highest BCUT2D eigenvalue weighted by atomic mass is 32.2. The van der Waals surface area contributed by atoms with Crippen molar-refractivity contribution in [1.82, 2.24) is 4.31 Å². The molecule has 0 spiro atoms. The molecular formula is C18H28N2O2S. The molecule has 0 amide bonds. The summed E-state index contributed by atoms with van der Waals surface area (Å²) in [7, 11) is -3.37. The van der Waals surface area contributed by atoms with Crippen LogP contribution in [0.4, 0.5) is 0 Å². The molecule has 2 aliphatic rings. The van der Waals surface area contributed by atoms with Crippen molar-refractivity contribution in [3.8, 4) is 0 Å². The van der Waals surface area contributed by atoms with Gasteiger partial charge >= 0.3 is 0 Å². The molecule has 1 saturated heterocycles. The monoisotopic (exact) mass is 336 g/mol. The number of nitrogens with zero attached hydrogens (tertiary/aromatic N) is 1. The molecule has 128 valence electrons. The molecule has 1 aromatic rings. The fourth-order valence-corrected chi connectivity index (χ4v) is 5.41. The minimum absolute atomic E-state index is 0.0453. The first kappa shape index (κ1) is 16.9. The van der Waals surface area contributed by atoms with E-state index in [0.29, 0.717) is 23.9 Å². The van der Waals surface area contributed by atoms with E-state index in [2.05, 4.69) is 0 Å². The van der Waals surface area contributed by atoms with Crippen LogP contribution in [0.2, 0.25) is 0 Å². The topological polar surface area (TPSA) is 63.4 Å². The van der Waals surface area contributed by atoms with Gasteiger partial charge in [0, 0.05) is 19.1 Å². The van der Waals surface area contributed by atoms with Crippen LogP contribution in [-0.2, 0) is 10.0 Å². The molecule has 5 heteroatoms. The second-order valence-corrected chi connectivity index (χ2v) is 9.11. The Kier molecular flexibility index (Phi) is 5.09. The summed E-state index contributed by atoms with van der Waals surface area (Å²) in [6.45, 7) is 3.09. The fourth-order valence-electron chi connectivity index (χ4n) is 3.90. The van der Waals surface area contributed by atoms with Crippen LogP contribution in [0.1, 0.15) is 56.9 Å². The van der Waals surface area contributed by atoms with Crippen molar-refractivity contribution in [1.29, 1.82) is 0 Å². The van der Waals surface area contributed by atoms with Gasteiger partial charge in [0.2, 0.25) is 10.0 Å². The van der Waals surface area contributed by atoms with Crippen molar-refractivity contribution < 1.29 is 8.42 Å². The van der Waals surface area contributed by atoms with E-state index >= 15 is 0 Å². The smallest absolute Gasteiger partial charge is 0.243 e. The maximum atomic E-state index is 12.8. The van der Waals surface area contributed by atoms with Gasteiger partial charge in [0.15, 0.2) is 0 Å². The molecule has 1 aliphatic carbocycles. The first-order valence-electron chi connectivity index (χ1n) is 8.84. The molecule has 2 atom stereocenters. The van der Waals surface area contributed by atoms with Gasteiger partial charge in [-0.15, -0.1) is 0 Å². The van der Waals surface area contributed by atoms with Gasteiger partial charge in [0.05, 0.1) is 4.90 Å². The summed E-state index contributed by atoms with van der Waals surface area (Å²) < 4.78 is 27.1. The van der Waals surface area contributed by atoms with Gasteiger partial charge in [-0.2, -0.15) is 4.31 Å². The van der Waals surface area contributed by atoms with Gasteiger partial charge < -0.3 is 5.73 Å². The van der Waals surface area contributed by atoms with E-state index in [-0.39, 0.29) is 12.0 Å². The molecular weight excluding hydrogens is 308 g/mol. The van der Waals surface area contributed by atoms with Crippen LogP contribution in [0.3, 0.4) is 0 Å². The third kappa shape index (κ3) is 3.62. The number of benzene rings is 1. The second-order valence-electron chi connectivity index (χ2n) is 7.17. The zero-order valence-corrected chi connectivity index (χ0v) is 14.8. The largest absolute Gasteiger partial charge is 0.328 e. The van der Waals surface area contributed by atoms with Crippen LogP contribution in [0.25, 0.3) is 0 Å². The maximum Gasteiger partial charge on any atom is 0.243 e. The van der Waals surface area contributed by atoms with E-state index in [1.165, 1.54) is 37.7 Å². The Morgan fingerprint density at radius 2 is 1.74 bits per heavy atom. The van der Waals surface area contributed by atoms with Gasteiger partial charge in [-0.3, -0.25) is 0 Å². The molecule has 2 N–H and O–H groups in total. The third-order valence-corrected chi connectivity index (χ3v) is 7.40. The average molecular weight is 337 g/mol. The van der Waals surface area contributed by atoms with Gasteiger partial charge in [-0.25, -0.2) is 8.42 Å². The van der Waals surface area contributed by atoms with Crippen molar-refractivity contribution in [2.24, 2.45) is 11.7 Å². The first-order valence-corrected chi connectivity index (χ1v) is 10.3. The Hall–Kier alpha value is -0.910. The molecule has 23 heavy (non-hydrogen) atoms. The quantitative estimate of drug-likeness (QED) is 0.919. The second kappa shape index (κ2) is 6.91. The molecule has 0 radical (unpaired) electrons. The first-order chi connectivity index (χ1) is 11.0. The van der Waals surface area contributed by atoms with Gasteiger partial charge in [0.1, 0.15) is 0 Å². The lowest BCUT2D eigenvalue weighted by atomic mass is 9.84. The molecule has 1 heterocycles.